The number of amides is 1. The molecule has 1 heterocycles. The van der Waals surface area contributed by atoms with E-state index in [1.165, 1.54) is 25.7 Å². The molecule has 1 unspecified atom stereocenters. The van der Waals surface area contributed by atoms with E-state index >= 15 is 0 Å². The molecule has 98 valence electrons. The van der Waals surface area contributed by atoms with Gasteiger partial charge in [0.05, 0.1) is 5.41 Å². The van der Waals surface area contributed by atoms with Crippen molar-refractivity contribution in [3.63, 3.8) is 0 Å². The Bertz CT molecular complexity index is 282. The van der Waals surface area contributed by atoms with Gasteiger partial charge in [-0.25, -0.2) is 0 Å². The summed E-state index contributed by atoms with van der Waals surface area (Å²) >= 11 is 0. The van der Waals surface area contributed by atoms with Crippen LogP contribution >= 0.6 is 12.4 Å². The summed E-state index contributed by atoms with van der Waals surface area (Å²) < 4.78 is 0. The molecular formula is C13H23ClN2O. The van der Waals surface area contributed by atoms with Crippen LogP contribution < -0.4 is 10.6 Å². The summed E-state index contributed by atoms with van der Waals surface area (Å²) in [6.45, 7) is 3.93. The van der Waals surface area contributed by atoms with Crippen LogP contribution in [-0.4, -0.2) is 25.0 Å². The maximum Gasteiger partial charge on any atom is 0.227 e. The van der Waals surface area contributed by atoms with Gasteiger partial charge in [-0.3, -0.25) is 4.79 Å². The molecule has 1 amide bonds. The summed E-state index contributed by atoms with van der Waals surface area (Å²) in [4.78, 5) is 12.3. The molecule has 0 aromatic carbocycles. The molecule has 3 nitrogen and oxygen atoms in total. The molecule has 3 rings (SSSR count). The van der Waals surface area contributed by atoms with Gasteiger partial charge < -0.3 is 10.6 Å². The fourth-order valence-electron chi connectivity index (χ4n) is 2.87. The summed E-state index contributed by atoms with van der Waals surface area (Å²) in [7, 11) is 0. The second-order valence-corrected chi connectivity index (χ2v) is 6.16. The second kappa shape index (κ2) is 4.77. The van der Waals surface area contributed by atoms with Crippen LogP contribution in [0.15, 0.2) is 0 Å². The Morgan fingerprint density at radius 3 is 2.29 bits per heavy atom. The lowest BCUT2D eigenvalue weighted by Gasteiger charge is -2.26. The predicted molar refractivity (Wildman–Crippen MR) is 70.2 cm³/mol. The van der Waals surface area contributed by atoms with Crippen LogP contribution in [0.2, 0.25) is 0 Å². The highest BCUT2D eigenvalue weighted by molar-refractivity contribution is 5.85. The summed E-state index contributed by atoms with van der Waals surface area (Å²) in [5.74, 6) is 1.89. The molecular weight excluding hydrogens is 236 g/mol. The van der Waals surface area contributed by atoms with Crippen LogP contribution in [0, 0.1) is 17.3 Å². The Kier molecular flexibility index (Phi) is 3.69. The van der Waals surface area contributed by atoms with Crippen molar-refractivity contribution < 1.29 is 4.79 Å². The molecule has 1 aliphatic heterocycles. The fraction of sp³-hybridized carbons (Fsp3) is 0.923. The number of nitrogens with one attached hydrogen (secondary N) is 2. The first kappa shape index (κ1) is 13.2. The normalized spacial score (nSPS) is 32.4. The molecule has 3 fully saturated rings. The van der Waals surface area contributed by atoms with Crippen molar-refractivity contribution >= 4 is 18.3 Å². The van der Waals surface area contributed by atoms with E-state index in [9.17, 15) is 4.79 Å². The standard InChI is InChI=1S/C13H22N2O.ClH/c1-13(6-7-14-8-13)12(16)15-11(9-2-3-9)10-4-5-10;/h9-11,14H,2-8H2,1H3,(H,15,16);1H. The molecule has 2 saturated carbocycles. The molecule has 0 bridgehead atoms. The summed E-state index contributed by atoms with van der Waals surface area (Å²) in [5, 5.41) is 6.64. The zero-order chi connectivity index (χ0) is 11.2. The van der Waals surface area contributed by atoms with Crippen molar-refractivity contribution in [1.29, 1.82) is 0 Å². The lowest BCUT2D eigenvalue weighted by molar-refractivity contribution is -0.130. The van der Waals surface area contributed by atoms with E-state index in [-0.39, 0.29) is 17.8 Å². The highest BCUT2D eigenvalue weighted by atomic mass is 35.5. The van der Waals surface area contributed by atoms with Crippen LogP contribution in [0.25, 0.3) is 0 Å². The zero-order valence-corrected chi connectivity index (χ0v) is 11.3. The maximum atomic E-state index is 12.3. The maximum absolute atomic E-state index is 12.3. The smallest absolute Gasteiger partial charge is 0.227 e. The molecule has 0 spiro atoms. The van der Waals surface area contributed by atoms with Crippen LogP contribution in [0.5, 0.6) is 0 Å². The molecule has 0 radical (unpaired) electrons. The summed E-state index contributed by atoms with van der Waals surface area (Å²) in [5.41, 5.74) is -0.151. The van der Waals surface area contributed by atoms with E-state index in [2.05, 4.69) is 17.6 Å². The number of carbonyl (C=O) groups is 1. The van der Waals surface area contributed by atoms with E-state index in [0.29, 0.717) is 11.9 Å². The minimum Gasteiger partial charge on any atom is -0.352 e. The minimum absolute atomic E-state index is 0. The van der Waals surface area contributed by atoms with Crippen molar-refractivity contribution in [1.82, 2.24) is 10.6 Å². The SMILES string of the molecule is CC1(C(=O)NC(C2CC2)C2CC2)CCNC1.Cl. The Hall–Kier alpha value is -0.280. The molecule has 2 aliphatic carbocycles. The first-order valence-electron chi connectivity index (χ1n) is 6.71. The lowest BCUT2D eigenvalue weighted by Crippen LogP contribution is -2.47. The van der Waals surface area contributed by atoms with Gasteiger partial charge in [-0.1, -0.05) is 0 Å². The van der Waals surface area contributed by atoms with E-state index < -0.39 is 0 Å². The third-order valence-electron chi connectivity index (χ3n) is 4.47. The average Bonchev–Trinajstić information content (AvgIpc) is 3.16. The number of halogens is 1. The van der Waals surface area contributed by atoms with Gasteiger partial charge >= 0.3 is 0 Å². The Labute approximate surface area is 110 Å². The lowest BCUT2D eigenvalue weighted by atomic mass is 9.88. The van der Waals surface area contributed by atoms with Crippen molar-refractivity contribution in [2.24, 2.45) is 17.3 Å². The average molecular weight is 259 g/mol. The highest BCUT2D eigenvalue weighted by Gasteiger charge is 2.45. The first-order chi connectivity index (χ1) is 7.69. The molecule has 1 saturated heterocycles. The van der Waals surface area contributed by atoms with E-state index in [1.54, 1.807) is 0 Å². The number of hydrogen-bond acceptors (Lipinski definition) is 2. The minimum atomic E-state index is -0.151. The van der Waals surface area contributed by atoms with Crippen LogP contribution in [0.1, 0.15) is 39.0 Å². The highest BCUT2D eigenvalue weighted by Crippen LogP contribution is 2.45. The zero-order valence-electron chi connectivity index (χ0n) is 10.5. The number of carbonyl (C=O) groups excluding carboxylic acids is 1. The van der Waals surface area contributed by atoms with Crippen molar-refractivity contribution in [3.8, 4) is 0 Å². The van der Waals surface area contributed by atoms with Gasteiger partial charge in [0, 0.05) is 12.6 Å². The molecule has 2 N–H and O–H groups in total. The predicted octanol–water partition coefficient (Wildman–Crippen LogP) is 1.71. The summed E-state index contributed by atoms with van der Waals surface area (Å²) in [6.07, 6.45) is 6.31. The Morgan fingerprint density at radius 1 is 1.29 bits per heavy atom. The van der Waals surface area contributed by atoms with Gasteiger partial charge in [0.15, 0.2) is 0 Å². The van der Waals surface area contributed by atoms with E-state index in [0.717, 1.165) is 31.3 Å². The molecule has 3 aliphatic rings. The molecule has 0 aromatic rings. The topological polar surface area (TPSA) is 41.1 Å². The van der Waals surface area contributed by atoms with E-state index in [1.807, 2.05) is 0 Å². The monoisotopic (exact) mass is 258 g/mol. The number of hydrogen-bond donors (Lipinski definition) is 2. The van der Waals surface area contributed by atoms with Gasteiger partial charge in [-0.05, 0) is 57.4 Å². The molecule has 1 atom stereocenters. The van der Waals surface area contributed by atoms with Gasteiger partial charge in [0.1, 0.15) is 0 Å². The molecule has 4 heteroatoms. The second-order valence-electron chi connectivity index (χ2n) is 6.16. The van der Waals surface area contributed by atoms with Crippen LogP contribution in [0.4, 0.5) is 0 Å². The van der Waals surface area contributed by atoms with Crippen molar-refractivity contribution in [2.75, 3.05) is 13.1 Å². The Morgan fingerprint density at radius 2 is 1.88 bits per heavy atom. The first-order valence-corrected chi connectivity index (χ1v) is 6.71. The summed E-state index contributed by atoms with van der Waals surface area (Å²) in [6, 6.07) is 0.505. The fourth-order valence-corrected chi connectivity index (χ4v) is 2.87. The van der Waals surface area contributed by atoms with Gasteiger partial charge in [0.2, 0.25) is 5.91 Å². The van der Waals surface area contributed by atoms with Gasteiger partial charge in [0.25, 0.3) is 0 Å². The van der Waals surface area contributed by atoms with Crippen LogP contribution in [-0.2, 0) is 4.79 Å². The van der Waals surface area contributed by atoms with Crippen molar-refractivity contribution in [2.45, 2.75) is 45.1 Å². The molecule has 17 heavy (non-hydrogen) atoms. The van der Waals surface area contributed by atoms with Gasteiger partial charge in [-0.2, -0.15) is 0 Å². The quantitative estimate of drug-likeness (QED) is 0.806. The van der Waals surface area contributed by atoms with E-state index in [4.69, 9.17) is 0 Å². The third kappa shape index (κ3) is 2.76. The van der Waals surface area contributed by atoms with Crippen LogP contribution in [0.3, 0.4) is 0 Å². The largest absolute Gasteiger partial charge is 0.352 e. The Balaban J connectivity index is 0.00000108. The molecule has 0 aromatic heterocycles. The third-order valence-corrected chi connectivity index (χ3v) is 4.47. The number of rotatable bonds is 4. The van der Waals surface area contributed by atoms with Gasteiger partial charge in [-0.15, -0.1) is 12.4 Å². The van der Waals surface area contributed by atoms with Crippen molar-refractivity contribution in [3.05, 3.63) is 0 Å².